The third kappa shape index (κ3) is 5.09. The Labute approximate surface area is 131 Å². The molecule has 2 rings (SSSR count). The zero-order chi connectivity index (χ0) is 15.1. The Kier molecular flexibility index (Phi) is 6.13. The highest BCUT2D eigenvalue weighted by Gasteiger charge is 2.24. The second-order valence-corrected chi connectivity index (χ2v) is 6.72. The average Bonchev–Trinajstić information content (AvgIpc) is 2.53. The first-order valence-corrected chi connectivity index (χ1v) is 8.56. The monoisotopic (exact) mass is 302 g/mol. The molecule has 1 saturated carbocycles. The molecular formula is C17H22N2OS. The van der Waals surface area contributed by atoms with Crippen LogP contribution in [0.15, 0.2) is 29.2 Å². The van der Waals surface area contributed by atoms with Gasteiger partial charge >= 0.3 is 0 Å². The number of nitrogens with one attached hydrogen (secondary N) is 1. The van der Waals surface area contributed by atoms with Crippen LogP contribution in [-0.4, -0.2) is 17.7 Å². The lowest BCUT2D eigenvalue weighted by molar-refractivity contribution is -0.119. The number of aryl methyl sites for hydroxylation is 1. The lowest BCUT2D eigenvalue weighted by Crippen LogP contribution is -2.40. The van der Waals surface area contributed by atoms with Gasteiger partial charge in [-0.1, -0.05) is 37.0 Å². The summed E-state index contributed by atoms with van der Waals surface area (Å²) in [6, 6.07) is 10.1. The third-order valence-electron chi connectivity index (χ3n) is 3.97. The van der Waals surface area contributed by atoms with Crippen molar-refractivity contribution in [3.8, 4) is 6.07 Å². The molecule has 0 bridgehead atoms. The topological polar surface area (TPSA) is 52.9 Å². The summed E-state index contributed by atoms with van der Waals surface area (Å²) in [7, 11) is 0. The smallest absolute Gasteiger partial charge is 0.231 e. The SMILES string of the molecule is Cc1ccc(SCC(=O)NC(C#N)C2CCCCC2)cc1. The lowest BCUT2D eigenvalue weighted by atomic mass is 9.84. The summed E-state index contributed by atoms with van der Waals surface area (Å²) in [6.45, 7) is 2.04. The molecule has 0 spiro atoms. The fourth-order valence-corrected chi connectivity index (χ4v) is 3.43. The van der Waals surface area contributed by atoms with E-state index in [0.717, 1.165) is 17.7 Å². The van der Waals surface area contributed by atoms with Crippen molar-refractivity contribution in [3.63, 3.8) is 0 Å². The van der Waals surface area contributed by atoms with Crippen molar-refractivity contribution < 1.29 is 4.79 Å². The summed E-state index contributed by atoms with van der Waals surface area (Å²) in [4.78, 5) is 13.1. The zero-order valence-corrected chi connectivity index (χ0v) is 13.3. The number of carbonyl (C=O) groups excluding carboxylic acids is 1. The molecule has 1 aliphatic rings. The van der Waals surface area contributed by atoms with Crippen molar-refractivity contribution in [1.29, 1.82) is 5.26 Å². The molecule has 0 saturated heterocycles. The van der Waals surface area contributed by atoms with Gasteiger partial charge in [-0.3, -0.25) is 4.79 Å². The van der Waals surface area contributed by atoms with E-state index in [1.165, 1.54) is 36.6 Å². The normalized spacial score (nSPS) is 17.0. The number of nitriles is 1. The average molecular weight is 302 g/mol. The van der Waals surface area contributed by atoms with Gasteiger partial charge in [0.1, 0.15) is 6.04 Å². The van der Waals surface area contributed by atoms with Gasteiger partial charge in [0.25, 0.3) is 0 Å². The van der Waals surface area contributed by atoms with Crippen LogP contribution in [0.3, 0.4) is 0 Å². The molecule has 3 nitrogen and oxygen atoms in total. The van der Waals surface area contributed by atoms with Crippen LogP contribution in [0.5, 0.6) is 0 Å². The molecule has 0 heterocycles. The van der Waals surface area contributed by atoms with Crippen LogP contribution in [-0.2, 0) is 4.79 Å². The minimum Gasteiger partial charge on any atom is -0.339 e. The fourth-order valence-electron chi connectivity index (χ4n) is 2.72. The van der Waals surface area contributed by atoms with Gasteiger partial charge in [0.15, 0.2) is 0 Å². The van der Waals surface area contributed by atoms with Gasteiger partial charge < -0.3 is 5.32 Å². The Bertz CT molecular complexity index is 501. The van der Waals surface area contributed by atoms with E-state index >= 15 is 0 Å². The van der Waals surface area contributed by atoms with E-state index < -0.39 is 0 Å². The van der Waals surface area contributed by atoms with Gasteiger partial charge in [-0.05, 0) is 37.8 Å². The van der Waals surface area contributed by atoms with Crippen LogP contribution in [0.4, 0.5) is 0 Å². The van der Waals surface area contributed by atoms with Gasteiger partial charge in [-0.25, -0.2) is 0 Å². The van der Waals surface area contributed by atoms with E-state index in [0.29, 0.717) is 11.7 Å². The van der Waals surface area contributed by atoms with Crippen molar-refractivity contribution >= 4 is 17.7 Å². The highest BCUT2D eigenvalue weighted by molar-refractivity contribution is 8.00. The molecular weight excluding hydrogens is 280 g/mol. The number of carbonyl (C=O) groups is 1. The molecule has 0 radical (unpaired) electrons. The Morgan fingerprint density at radius 1 is 1.33 bits per heavy atom. The number of nitrogens with zero attached hydrogens (tertiary/aromatic N) is 1. The van der Waals surface area contributed by atoms with Crippen molar-refractivity contribution in [1.82, 2.24) is 5.32 Å². The maximum Gasteiger partial charge on any atom is 0.231 e. The maximum atomic E-state index is 12.0. The molecule has 1 aromatic carbocycles. The Morgan fingerprint density at radius 3 is 2.62 bits per heavy atom. The van der Waals surface area contributed by atoms with Crippen molar-refractivity contribution in [2.75, 3.05) is 5.75 Å². The molecule has 4 heteroatoms. The van der Waals surface area contributed by atoms with E-state index in [1.54, 1.807) is 0 Å². The molecule has 21 heavy (non-hydrogen) atoms. The van der Waals surface area contributed by atoms with Crippen LogP contribution in [0.25, 0.3) is 0 Å². The summed E-state index contributed by atoms with van der Waals surface area (Å²) in [6.07, 6.45) is 5.73. The Hall–Kier alpha value is -1.47. The van der Waals surface area contributed by atoms with Crippen molar-refractivity contribution in [2.45, 2.75) is 50.0 Å². The maximum absolute atomic E-state index is 12.0. The van der Waals surface area contributed by atoms with Gasteiger partial charge in [0, 0.05) is 4.90 Å². The van der Waals surface area contributed by atoms with E-state index in [-0.39, 0.29) is 11.9 Å². The molecule has 1 aromatic rings. The lowest BCUT2D eigenvalue weighted by Gasteiger charge is -2.26. The van der Waals surface area contributed by atoms with Crippen LogP contribution in [0.2, 0.25) is 0 Å². The largest absolute Gasteiger partial charge is 0.339 e. The standard InChI is InChI=1S/C17H22N2OS/c1-13-7-9-15(10-8-13)21-12-17(20)19-16(11-18)14-5-3-2-4-6-14/h7-10,14,16H,2-6,12H2,1H3,(H,19,20). The summed E-state index contributed by atoms with van der Waals surface area (Å²) in [5.74, 6) is 0.656. The summed E-state index contributed by atoms with van der Waals surface area (Å²) < 4.78 is 0. The highest BCUT2D eigenvalue weighted by atomic mass is 32.2. The van der Waals surface area contributed by atoms with Crippen LogP contribution in [0.1, 0.15) is 37.7 Å². The van der Waals surface area contributed by atoms with Crippen LogP contribution in [0, 0.1) is 24.2 Å². The number of benzene rings is 1. The molecule has 112 valence electrons. The fraction of sp³-hybridized carbons (Fsp3) is 0.529. The summed E-state index contributed by atoms with van der Waals surface area (Å²) >= 11 is 1.51. The van der Waals surface area contributed by atoms with Gasteiger partial charge in [-0.15, -0.1) is 11.8 Å². The second-order valence-electron chi connectivity index (χ2n) is 5.67. The minimum absolute atomic E-state index is 0.0438. The second kappa shape index (κ2) is 8.09. The molecule has 1 N–H and O–H groups in total. The Balaban J connectivity index is 1.79. The predicted octanol–water partition coefficient (Wildman–Crippen LogP) is 3.68. The molecule has 1 amide bonds. The van der Waals surface area contributed by atoms with Crippen LogP contribution >= 0.6 is 11.8 Å². The molecule has 1 atom stereocenters. The minimum atomic E-state index is -0.323. The first-order valence-electron chi connectivity index (χ1n) is 7.57. The highest BCUT2D eigenvalue weighted by Crippen LogP contribution is 2.26. The first-order chi connectivity index (χ1) is 10.2. The number of hydrogen-bond acceptors (Lipinski definition) is 3. The third-order valence-corrected chi connectivity index (χ3v) is 4.98. The van der Waals surface area contributed by atoms with E-state index in [9.17, 15) is 10.1 Å². The first kappa shape index (κ1) is 15.9. The molecule has 1 unspecified atom stereocenters. The van der Waals surface area contributed by atoms with Crippen molar-refractivity contribution in [2.24, 2.45) is 5.92 Å². The predicted molar refractivity (Wildman–Crippen MR) is 86.0 cm³/mol. The van der Waals surface area contributed by atoms with Crippen molar-refractivity contribution in [3.05, 3.63) is 29.8 Å². The number of thioether (sulfide) groups is 1. The van der Waals surface area contributed by atoms with Gasteiger partial charge in [0.05, 0.1) is 11.8 Å². The number of rotatable bonds is 5. The summed E-state index contributed by atoms with van der Waals surface area (Å²) in [5, 5.41) is 12.2. The zero-order valence-electron chi connectivity index (χ0n) is 12.5. The Morgan fingerprint density at radius 2 is 2.00 bits per heavy atom. The quantitative estimate of drug-likeness (QED) is 0.844. The van der Waals surface area contributed by atoms with E-state index in [4.69, 9.17) is 0 Å². The molecule has 1 aliphatic carbocycles. The number of hydrogen-bond donors (Lipinski definition) is 1. The number of amides is 1. The molecule has 0 aliphatic heterocycles. The molecule has 1 fully saturated rings. The molecule has 0 aromatic heterocycles. The van der Waals surface area contributed by atoms with Crippen LogP contribution < -0.4 is 5.32 Å². The summed E-state index contributed by atoms with van der Waals surface area (Å²) in [5.41, 5.74) is 1.21. The van der Waals surface area contributed by atoms with Gasteiger partial charge in [0.2, 0.25) is 5.91 Å². The van der Waals surface area contributed by atoms with Gasteiger partial charge in [-0.2, -0.15) is 5.26 Å². The van der Waals surface area contributed by atoms with E-state index in [2.05, 4.69) is 11.4 Å². The van der Waals surface area contributed by atoms with E-state index in [1.807, 2.05) is 31.2 Å².